The van der Waals surface area contributed by atoms with Gasteiger partial charge in [0.2, 0.25) is 0 Å². The Labute approximate surface area is 107 Å². The number of hydrogen-bond donors (Lipinski definition) is 1. The largest absolute Gasteiger partial charge is 0.454 e. The number of aryl methyl sites for hydroxylation is 1. The van der Waals surface area contributed by atoms with Crippen molar-refractivity contribution in [3.8, 4) is 11.5 Å². The highest BCUT2D eigenvalue weighted by molar-refractivity contribution is 5.38. The van der Waals surface area contributed by atoms with Crippen molar-refractivity contribution in [2.45, 2.75) is 32.9 Å². The van der Waals surface area contributed by atoms with E-state index in [0.29, 0.717) is 0 Å². The maximum atomic E-state index is 5.92. The van der Waals surface area contributed by atoms with Gasteiger partial charge in [-0.2, -0.15) is 5.10 Å². The SMILES string of the molecule is CCCn1cc(Oc2ccccc2[C@@H](C)N)cn1. The van der Waals surface area contributed by atoms with E-state index >= 15 is 0 Å². The molecule has 2 N–H and O–H groups in total. The van der Waals surface area contributed by atoms with Crippen LogP contribution in [0, 0.1) is 0 Å². The second-order valence-electron chi connectivity index (χ2n) is 4.37. The molecule has 0 amide bonds. The van der Waals surface area contributed by atoms with E-state index in [2.05, 4.69) is 12.0 Å². The zero-order valence-corrected chi connectivity index (χ0v) is 10.8. The van der Waals surface area contributed by atoms with Gasteiger partial charge >= 0.3 is 0 Å². The molecule has 1 aromatic heterocycles. The van der Waals surface area contributed by atoms with Crippen molar-refractivity contribution >= 4 is 0 Å². The summed E-state index contributed by atoms with van der Waals surface area (Å²) in [6.45, 7) is 4.97. The predicted molar refractivity (Wildman–Crippen MR) is 71.6 cm³/mol. The predicted octanol–water partition coefficient (Wildman–Crippen LogP) is 3.11. The summed E-state index contributed by atoms with van der Waals surface area (Å²) in [4.78, 5) is 0. The fraction of sp³-hybridized carbons (Fsp3) is 0.357. The summed E-state index contributed by atoms with van der Waals surface area (Å²) in [7, 11) is 0. The molecule has 0 fully saturated rings. The standard InChI is InChI=1S/C14H19N3O/c1-3-8-17-10-12(9-16-17)18-14-7-5-4-6-13(14)11(2)15/h4-7,9-11H,3,8,15H2,1-2H3/t11-/m1/s1. The van der Waals surface area contributed by atoms with Crippen LogP contribution < -0.4 is 10.5 Å². The molecule has 0 saturated carbocycles. The van der Waals surface area contributed by atoms with E-state index in [1.807, 2.05) is 42.1 Å². The van der Waals surface area contributed by atoms with Gasteiger partial charge in [0, 0.05) is 18.2 Å². The molecular weight excluding hydrogens is 226 g/mol. The average molecular weight is 245 g/mol. The number of ether oxygens (including phenoxy) is 1. The van der Waals surface area contributed by atoms with Crippen LogP contribution in [0.1, 0.15) is 31.9 Å². The first-order chi connectivity index (χ1) is 8.70. The number of aromatic nitrogens is 2. The van der Waals surface area contributed by atoms with Crippen LogP contribution in [0.3, 0.4) is 0 Å². The summed E-state index contributed by atoms with van der Waals surface area (Å²) in [5.41, 5.74) is 6.92. The van der Waals surface area contributed by atoms with Crippen LogP contribution in [0.4, 0.5) is 0 Å². The molecule has 2 aromatic rings. The van der Waals surface area contributed by atoms with Gasteiger partial charge in [-0.15, -0.1) is 0 Å². The fourth-order valence-corrected chi connectivity index (χ4v) is 1.83. The van der Waals surface area contributed by atoms with Gasteiger partial charge in [-0.05, 0) is 19.4 Å². The van der Waals surface area contributed by atoms with Gasteiger partial charge < -0.3 is 10.5 Å². The average Bonchev–Trinajstić information content (AvgIpc) is 2.77. The third-order valence-electron chi connectivity index (χ3n) is 2.70. The Morgan fingerprint density at radius 1 is 1.39 bits per heavy atom. The highest BCUT2D eigenvalue weighted by Crippen LogP contribution is 2.28. The van der Waals surface area contributed by atoms with Gasteiger partial charge in [0.15, 0.2) is 5.75 Å². The highest BCUT2D eigenvalue weighted by Gasteiger charge is 2.09. The minimum absolute atomic E-state index is 0.0492. The van der Waals surface area contributed by atoms with E-state index in [0.717, 1.165) is 30.0 Å². The van der Waals surface area contributed by atoms with E-state index in [4.69, 9.17) is 10.5 Å². The molecular formula is C14H19N3O. The van der Waals surface area contributed by atoms with Crippen LogP contribution in [-0.4, -0.2) is 9.78 Å². The van der Waals surface area contributed by atoms with Crippen LogP contribution in [0.15, 0.2) is 36.7 Å². The summed E-state index contributed by atoms with van der Waals surface area (Å²) >= 11 is 0. The molecule has 0 aliphatic carbocycles. The number of benzene rings is 1. The minimum atomic E-state index is -0.0492. The van der Waals surface area contributed by atoms with E-state index in [9.17, 15) is 0 Å². The molecule has 0 aliphatic rings. The zero-order valence-electron chi connectivity index (χ0n) is 10.8. The molecule has 0 saturated heterocycles. The lowest BCUT2D eigenvalue weighted by atomic mass is 10.1. The van der Waals surface area contributed by atoms with Gasteiger partial charge in [-0.1, -0.05) is 25.1 Å². The summed E-state index contributed by atoms with van der Waals surface area (Å²) in [5, 5.41) is 4.24. The first kappa shape index (κ1) is 12.6. The molecule has 0 bridgehead atoms. The van der Waals surface area contributed by atoms with Crippen LogP contribution in [0.2, 0.25) is 0 Å². The van der Waals surface area contributed by atoms with Crippen molar-refractivity contribution < 1.29 is 4.74 Å². The summed E-state index contributed by atoms with van der Waals surface area (Å²) in [6.07, 6.45) is 4.69. The van der Waals surface area contributed by atoms with Crippen molar-refractivity contribution in [2.75, 3.05) is 0 Å². The molecule has 4 nitrogen and oxygen atoms in total. The zero-order chi connectivity index (χ0) is 13.0. The third-order valence-corrected chi connectivity index (χ3v) is 2.70. The molecule has 0 radical (unpaired) electrons. The van der Waals surface area contributed by atoms with Crippen molar-refractivity contribution in [3.05, 3.63) is 42.2 Å². The lowest BCUT2D eigenvalue weighted by Crippen LogP contribution is -2.06. The fourth-order valence-electron chi connectivity index (χ4n) is 1.83. The van der Waals surface area contributed by atoms with Gasteiger partial charge in [0.05, 0.1) is 12.4 Å². The number of nitrogens with zero attached hydrogens (tertiary/aromatic N) is 2. The first-order valence-electron chi connectivity index (χ1n) is 6.25. The normalized spacial score (nSPS) is 12.4. The Morgan fingerprint density at radius 2 is 2.17 bits per heavy atom. The Kier molecular flexibility index (Phi) is 3.99. The maximum Gasteiger partial charge on any atom is 0.165 e. The van der Waals surface area contributed by atoms with Crippen molar-refractivity contribution in [2.24, 2.45) is 5.73 Å². The Hall–Kier alpha value is -1.81. The Bertz CT molecular complexity index is 505. The van der Waals surface area contributed by atoms with Gasteiger partial charge in [0.25, 0.3) is 0 Å². The third kappa shape index (κ3) is 2.90. The maximum absolute atomic E-state index is 5.92. The van der Waals surface area contributed by atoms with Gasteiger partial charge in [0.1, 0.15) is 5.75 Å². The number of hydrogen-bond acceptors (Lipinski definition) is 3. The molecule has 1 atom stereocenters. The van der Waals surface area contributed by atoms with Gasteiger partial charge in [-0.25, -0.2) is 0 Å². The van der Waals surface area contributed by atoms with Crippen LogP contribution in [0.25, 0.3) is 0 Å². The number of rotatable bonds is 5. The molecule has 96 valence electrons. The van der Waals surface area contributed by atoms with Crippen molar-refractivity contribution in [3.63, 3.8) is 0 Å². The number of nitrogens with two attached hydrogens (primary N) is 1. The van der Waals surface area contributed by atoms with Crippen LogP contribution in [-0.2, 0) is 6.54 Å². The van der Waals surface area contributed by atoms with E-state index in [1.165, 1.54) is 0 Å². The quantitative estimate of drug-likeness (QED) is 0.880. The minimum Gasteiger partial charge on any atom is -0.454 e. The molecule has 1 aromatic carbocycles. The van der Waals surface area contributed by atoms with Gasteiger partial charge in [-0.3, -0.25) is 4.68 Å². The molecule has 2 rings (SSSR count). The summed E-state index contributed by atoms with van der Waals surface area (Å²) in [5.74, 6) is 1.54. The van der Waals surface area contributed by atoms with E-state index < -0.39 is 0 Å². The summed E-state index contributed by atoms with van der Waals surface area (Å²) < 4.78 is 7.71. The molecule has 0 unspecified atom stereocenters. The molecule has 0 aliphatic heterocycles. The molecule has 4 heteroatoms. The molecule has 1 heterocycles. The smallest absolute Gasteiger partial charge is 0.165 e. The first-order valence-corrected chi connectivity index (χ1v) is 6.25. The second-order valence-corrected chi connectivity index (χ2v) is 4.37. The second kappa shape index (κ2) is 5.69. The van der Waals surface area contributed by atoms with Crippen LogP contribution >= 0.6 is 0 Å². The molecule has 18 heavy (non-hydrogen) atoms. The van der Waals surface area contributed by atoms with Crippen molar-refractivity contribution in [1.82, 2.24) is 9.78 Å². The topological polar surface area (TPSA) is 53.1 Å². The lowest BCUT2D eigenvalue weighted by Gasteiger charge is -2.12. The molecule has 0 spiro atoms. The Morgan fingerprint density at radius 3 is 2.89 bits per heavy atom. The van der Waals surface area contributed by atoms with Crippen molar-refractivity contribution in [1.29, 1.82) is 0 Å². The highest BCUT2D eigenvalue weighted by atomic mass is 16.5. The van der Waals surface area contributed by atoms with E-state index in [1.54, 1.807) is 6.20 Å². The lowest BCUT2D eigenvalue weighted by molar-refractivity contribution is 0.470. The Balaban J connectivity index is 2.17. The summed E-state index contributed by atoms with van der Waals surface area (Å²) in [6, 6.07) is 7.77. The number of para-hydroxylation sites is 1. The monoisotopic (exact) mass is 245 g/mol. The van der Waals surface area contributed by atoms with Crippen LogP contribution in [0.5, 0.6) is 11.5 Å². The van der Waals surface area contributed by atoms with E-state index in [-0.39, 0.29) is 6.04 Å².